The Morgan fingerprint density at radius 1 is 1.26 bits per heavy atom. The Balaban J connectivity index is 1.80. The number of thioether (sulfide) groups is 1. The van der Waals surface area contributed by atoms with Crippen molar-refractivity contribution >= 4 is 23.0 Å². The second kappa shape index (κ2) is 9.26. The second-order valence-electron chi connectivity index (χ2n) is 7.48. The number of methoxy groups -OCH3 is 1. The Kier molecular flexibility index (Phi) is 7.00. The molecule has 0 aliphatic carbocycles. The molecule has 6 nitrogen and oxygen atoms in total. The Bertz CT molecular complexity index is 619. The first-order valence-corrected chi connectivity index (χ1v) is 10.7. The Labute approximate surface area is 165 Å². The molecule has 4 atom stereocenters. The Morgan fingerprint density at radius 3 is 2.81 bits per heavy atom. The summed E-state index contributed by atoms with van der Waals surface area (Å²) in [7, 11) is 1.60. The van der Waals surface area contributed by atoms with Gasteiger partial charge in [0.15, 0.2) is 5.79 Å². The van der Waals surface area contributed by atoms with E-state index in [1.807, 2.05) is 6.92 Å². The summed E-state index contributed by atoms with van der Waals surface area (Å²) >= 11 is 1.23. The van der Waals surface area contributed by atoms with Gasteiger partial charge in [0.1, 0.15) is 6.10 Å². The summed E-state index contributed by atoms with van der Waals surface area (Å²) in [6.07, 6.45) is 11.3. The second-order valence-corrected chi connectivity index (χ2v) is 8.47. The lowest BCUT2D eigenvalue weighted by atomic mass is 9.91. The summed E-state index contributed by atoms with van der Waals surface area (Å²) in [6.45, 7) is 1.96. The van der Waals surface area contributed by atoms with E-state index in [0.717, 1.165) is 37.7 Å². The van der Waals surface area contributed by atoms with Crippen molar-refractivity contribution in [3.8, 4) is 0 Å². The third-order valence-corrected chi connectivity index (χ3v) is 6.25. The molecule has 1 N–H and O–H groups in total. The van der Waals surface area contributed by atoms with Crippen LogP contribution in [0, 0.1) is 0 Å². The van der Waals surface area contributed by atoms with Gasteiger partial charge in [-0.3, -0.25) is 4.79 Å². The van der Waals surface area contributed by atoms with Crippen LogP contribution in [-0.2, 0) is 19.0 Å². The smallest absolute Gasteiger partial charge is 0.330 e. The van der Waals surface area contributed by atoms with E-state index < -0.39 is 5.79 Å². The van der Waals surface area contributed by atoms with E-state index in [1.165, 1.54) is 11.8 Å². The van der Waals surface area contributed by atoms with Gasteiger partial charge < -0.3 is 19.5 Å². The van der Waals surface area contributed by atoms with E-state index in [4.69, 9.17) is 14.2 Å². The summed E-state index contributed by atoms with van der Waals surface area (Å²) in [5.74, 6) is -0.686. The van der Waals surface area contributed by atoms with Gasteiger partial charge >= 0.3 is 5.97 Å². The quantitative estimate of drug-likeness (QED) is 0.568. The number of esters is 1. The Morgan fingerprint density at radius 2 is 2.07 bits per heavy atom. The minimum atomic E-state index is -0.960. The maximum Gasteiger partial charge on any atom is 0.330 e. The number of rotatable bonds is 2. The zero-order valence-electron chi connectivity index (χ0n) is 16.1. The van der Waals surface area contributed by atoms with Gasteiger partial charge in [0.05, 0.1) is 12.1 Å². The lowest BCUT2D eigenvalue weighted by Gasteiger charge is -2.46. The van der Waals surface area contributed by atoms with Crippen LogP contribution in [0.15, 0.2) is 23.8 Å². The number of carbonyl (C=O) groups is 2. The molecule has 3 rings (SSSR count). The highest BCUT2D eigenvalue weighted by Gasteiger charge is 2.51. The van der Waals surface area contributed by atoms with Crippen LogP contribution in [0.2, 0.25) is 0 Å². The van der Waals surface area contributed by atoms with E-state index in [0.29, 0.717) is 18.6 Å². The topological polar surface area (TPSA) is 73.9 Å². The molecule has 1 amide bonds. The first kappa shape index (κ1) is 20.4. The maximum absolute atomic E-state index is 12.4. The highest BCUT2D eigenvalue weighted by atomic mass is 32.2. The van der Waals surface area contributed by atoms with Crippen LogP contribution in [0.1, 0.15) is 51.9 Å². The molecule has 7 heteroatoms. The molecule has 0 saturated carbocycles. The fraction of sp³-hybridized carbons (Fsp3) is 0.700. The fourth-order valence-corrected chi connectivity index (χ4v) is 4.82. The first-order valence-electron chi connectivity index (χ1n) is 9.70. The van der Waals surface area contributed by atoms with Gasteiger partial charge in [-0.25, -0.2) is 4.79 Å². The lowest BCUT2D eigenvalue weighted by molar-refractivity contribution is -0.296. The normalized spacial score (nSPS) is 38.9. The lowest BCUT2D eigenvalue weighted by Crippen LogP contribution is -2.59. The highest BCUT2D eigenvalue weighted by Crippen LogP contribution is 2.38. The van der Waals surface area contributed by atoms with Crippen LogP contribution in [0.4, 0.5) is 4.79 Å². The van der Waals surface area contributed by atoms with Crippen LogP contribution in [0.5, 0.6) is 0 Å². The number of hydrogen-bond donors (Lipinski definition) is 1. The van der Waals surface area contributed by atoms with Crippen molar-refractivity contribution in [1.29, 1.82) is 0 Å². The van der Waals surface area contributed by atoms with E-state index in [9.17, 15) is 9.59 Å². The number of nitrogens with one attached hydrogen (secondary N) is 1. The standard InChI is InChI=1S/C20H29NO5S/c1-14-8-6-4-3-5-7-9-15-11-16(25-18(22)10-14)12-20(24-2,26-15)17-13-27-19(23)21-17/h3-4,10,15-17H,5-9,11-13H2,1-2H3,(H,21,23)/b4-3-,14-10-/t15-,16?,17?,20?/m1/s1. The third-order valence-electron chi connectivity index (χ3n) is 5.37. The van der Waals surface area contributed by atoms with Crippen molar-refractivity contribution in [2.45, 2.75) is 75.9 Å². The molecule has 2 saturated heterocycles. The van der Waals surface area contributed by atoms with E-state index in [-0.39, 0.29) is 29.5 Å². The molecule has 0 aromatic carbocycles. The van der Waals surface area contributed by atoms with Crippen LogP contribution in [0.25, 0.3) is 0 Å². The molecular formula is C20H29NO5S. The molecule has 3 aliphatic rings. The van der Waals surface area contributed by atoms with Gasteiger partial charge in [-0.15, -0.1) is 0 Å². The SMILES string of the molecule is COC1(C2CSC(=O)N2)CC2C[C@@H](CCC/C=C\CC/C(C)=C\C(=O)O2)O1. The van der Waals surface area contributed by atoms with Crippen molar-refractivity contribution in [1.82, 2.24) is 5.32 Å². The molecule has 0 aromatic heterocycles. The van der Waals surface area contributed by atoms with Gasteiger partial charge in [0.2, 0.25) is 0 Å². The molecule has 27 heavy (non-hydrogen) atoms. The van der Waals surface area contributed by atoms with Gasteiger partial charge in [-0.1, -0.05) is 29.5 Å². The summed E-state index contributed by atoms with van der Waals surface area (Å²) in [6, 6.07) is -0.250. The van der Waals surface area contributed by atoms with Crippen molar-refractivity contribution in [2.24, 2.45) is 0 Å². The Hall–Kier alpha value is -1.31. The summed E-state index contributed by atoms with van der Waals surface area (Å²) in [4.78, 5) is 24.1. The fourth-order valence-electron chi connectivity index (χ4n) is 3.94. The van der Waals surface area contributed by atoms with Crippen LogP contribution >= 0.6 is 11.8 Å². The van der Waals surface area contributed by atoms with Crippen molar-refractivity contribution < 1.29 is 23.8 Å². The molecule has 3 heterocycles. The molecular weight excluding hydrogens is 366 g/mol. The minimum Gasteiger partial charge on any atom is -0.459 e. The first-order chi connectivity index (χ1) is 13.0. The van der Waals surface area contributed by atoms with Crippen LogP contribution < -0.4 is 5.32 Å². The predicted octanol–water partition coefficient (Wildman–Crippen LogP) is 3.71. The molecule has 3 unspecified atom stereocenters. The van der Waals surface area contributed by atoms with Crippen molar-refractivity contribution in [3.63, 3.8) is 0 Å². The molecule has 0 aromatic rings. The van der Waals surface area contributed by atoms with E-state index in [1.54, 1.807) is 13.2 Å². The van der Waals surface area contributed by atoms with Gasteiger partial charge in [-0.2, -0.15) is 0 Å². The van der Waals surface area contributed by atoms with E-state index >= 15 is 0 Å². The molecule has 2 fully saturated rings. The zero-order chi connectivity index (χ0) is 19.3. The maximum atomic E-state index is 12.4. The number of amides is 1. The molecule has 0 radical (unpaired) electrons. The predicted molar refractivity (Wildman–Crippen MR) is 104 cm³/mol. The van der Waals surface area contributed by atoms with Crippen molar-refractivity contribution in [2.75, 3.05) is 12.9 Å². The van der Waals surface area contributed by atoms with E-state index in [2.05, 4.69) is 17.5 Å². The summed E-state index contributed by atoms with van der Waals surface area (Å²) in [5, 5.41) is 2.87. The zero-order valence-corrected chi connectivity index (χ0v) is 16.9. The van der Waals surface area contributed by atoms with Crippen molar-refractivity contribution in [3.05, 3.63) is 23.8 Å². The minimum absolute atomic E-state index is 0.0680. The summed E-state index contributed by atoms with van der Waals surface area (Å²) in [5.41, 5.74) is 1.02. The molecule has 3 aliphatic heterocycles. The van der Waals surface area contributed by atoms with Gasteiger partial charge in [0, 0.05) is 31.8 Å². The van der Waals surface area contributed by atoms with Gasteiger partial charge in [-0.05, 0) is 39.0 Å². The molecule has 150 valence electrons. The average Bonchev–Trinajstić information content (AvgIpc) is 3.07. The number of hydrogen-bond acceptors (Lipinski definition) is 6. The average molecular weight is 396 g/mol. The number of allylic oxidation sites excluding steroid dienone is 3. The molecule has 2 bridgehead atoms. The number of carbonyl (C=O) groups excluding carboxylic acids is 2. The third kappa shape index (κ3) is 5.36. The molecule has 0 spiro atoms. The van der Waals surface area contributed by atoms with Crippen LogP contribution in [-0.4, -0.2) is 48.1 Å². The highest BCUT2D eigenvalue weighted by molar-refractivity contribution is 8.14. The largest absolute Gasteiger partial charge is 0.459 e. The summed E-state index contributed by atoms with van der Waals surface area (Å²) < 4.78 is 17.9. The number of fused-ring (bicyclic) bond motifs is 2. The van der Waals surface area contributed by atoms with Crippen LogP contribution in [0.3, 0.4) is 0 Å². The monoisotopic (exact) mass is 395 g/mol. The number of ether oxygens (including phenoxy) is 3. The van der Waals surface area contributed by atoms with Gasteiger partial charge in [0.25, 0.3) is 5.24 Å².